The van der Waals surface area contributed by atoms with Gasteiger partial charge in [-0.25, -0.2) is 0 Å². The van der Waals surface area contributed by atoms with Gasteiger partial charge < -0.3 is 15.3 Å². The summed E-state index contributed by atoms with van der Waals surface area (Å²) in [7, 11) is 0. The lowest BCUT2D eigenvalue weighted by Crippen LogP contribution is -2.53. The van der Waals surface area contributed by atoms with E-state index in [9.17, 15) is 4.79 Å². The molecule has 0 aromatic heterocycles. The van der Waals surface area contributed by atoms with Gasteiger partial charge in [-0.3, -0.25) is 10.5 Å². The van der Waals surface area contributed by atoms with E-state index in [1.54, 1.807) is 0 Å². The Labute approximate surface area is 65.9 Å². The number of hydrogen-bond acceptors (Lipinski definition) is 5. The molecule has 0 aromatic carbocycles. The summed E-state index contributed by atoms with van der Waals surface area (Å²) in [5.74, 6) is 0. The number of rotatable bonds is 4. The largest absolute Gasteiger partial charge is 0.393 e. The minimum absolute atomic E-state index is 0.252. The number of aldehydes is 1. The first kappa shape index (κ1) is 8.61. The number of carbonyl (C=O) groups is 1. The van der Waals surface area contributed by atoms with Crippen molar-refractivity contribution < 1.29 is 21.5 Å². The van der Waals surface area contributed by atoms with E-state index in [-0.39, 0.29) is 6.42 Å². The lowest BCUT2D eigenvalue weighted by molar-refractivity contribution is -0.138. The van der Waals surface area contributed by atoms with Gasteiger partial charge in [0.1, 0.15) is 7.47 Å². The van der Waals surface area contributed by atoms with Gasteiger partial charge in [0.15, 0.2) is 12.0 Å². The zero-order valence-corrected chi connectivity index (χ0v) is 6.19. The first-order chi connectivity index (χ1) is 5.28. The second-order valence-corrected chi connectivity index (χ2v) is 2.53. The van der Waals surface area contributed by atoms with Gasteiger partial charge in [-0.2, -0.15) is 0 Å². The molecule has 3 atom stereocenters. The molecule has 0 saturated carbocycles. The molecular weight excluding hydrogens is 150 g/mol. The molecule has 0 unspecified atom stereocenters. The van der Waals surface area contributed by atoms with Crippen LogP contribution in [0.2, 0.25) is 0 Å². The molecule has 0 fully saturated rings. The molecule has 0 rings (SSSR count). The molecule has 0 aliphatic heterocycles. The second-order valence-electron chi connectivity index (χ2n) is 2.53. The molecule has 0 spiro atoms. The predicted octanol–water partition coefficient (Wildman–Crippen LogP) is -2.04. The van der Waals surface area contributed by atoms with E-state index in [0.717, 1.165) is 0 Å². The van der Waals surface area contributed by atoms with Gasteiger partial charge in [0.2, 0.25) is 0 Å². The number of nitrogens with two attached hydrogens (primary N) is 1. The van der Waals surface area contributed by atoms with Crippen LogP contribution in [0, 0.1) is 0 Å². The van der Waals surface area contributed by atoms with Crippen LogP contribution in [0.25, 0.3) is 0 Å². The fourth-order valence-electron chi connectivity index (χ4n) is 0.571. The number of aliphatic hydroxyl groups is 3. The molecule has 0 aromatic rings. The van der Waals surface area contributed by atoms with E-state index in [1.807, 2.05) is 0 Å². The van der Waals surface area contributed by atoms with Gasteiger partial charge in [-0.1, -0.05) is 0 Å². The molecule has 0 bridgehead atoms. The highest BCUT2D eigenvalue weighted by Gasteiger charge is 2.31. The number of carbonyl (C=O) groups excluding carboxylic acids is 1. The molecule has 0 amide bonds. The van der Waals surface area contributed by atoms with Crippen LogP contribution in [-0.2, 0) is 4.79 Å². The molecule has 0 saturated heterocycles. The Bertz CT molecular complexity index is 171. The Kier molecular flexibility index (Phi) is 2.95. The van der Waals surface area contributed by atoms with Crippen LogP contribution in [0.15, 0.2) is 0 Å². The zero-order chi connectivity index (χ0) is 9.94. The Morgan fingerprint density at radius 2 is 2.27 bits per heavy atom. The van der Waals surface area contributed by atoms with Crippen LogP contribution < -0.4 is 5.73 Å². The Morgan fingerprint density at radius 1 is 1.82 bits per heavy atom. The lowest BCUT2D eigenvalue weighted by atomic mass is 10.0. The molecule has 0 heterocycles. The number of hydrogen-bond donors (Lipinski definition) is 4. The van der Waals surface area contributed by atoms with E-state index in [1.165, 1.54) is 6.92 Å². The Balaban J connectivity index is 4.25. The molecule has 0 aliphatic rings. The Morgan fingerprint density at radius 3 is 2.55 bits per heavy atom. The summed E-state index contributed by atoms with van der Waals surface area (Å²) in [6.45, 7) is 1.37. The van der Waals surface area contributed by atoms with Gasteiger partial charge in [0.25, 0.3) is 0 Å². The van der Waals surface area contributed by atoms with Crippen molar-refractivity contribution in [1.82, 2.24) is 0 Å². The van der Waals surface area contributed by atoms with Crippen molar-refractivity contribution in [3.05, 3.63) is 0 Å². The van der Waals surface area contributed by atoms with Gasteiger partial charge >= 0.3 is 0 Å². The molecule has 11 heavy (non-hydrogen) atoms. The average molecular weight is 164 g/mol. The van der Waals surface area contributed by atoms with Crippen molar-refractivity contribution in [1.29, 1.82) is 0 Å². The summed E-state index contributed by atoms with van der Waals surface area (Å²) in [6, 6.07) is 0. The van der Waals surface area contributed by atoms with Crippen molar-refractivity contribution in [2.75, 3.05) is 0 Å². The summed E-state index contributed by atoms with van der Waals surface area (Å²) in [6.07, 6.45) is -4.25. The second kappa shape index (κ2) is 3.77. The van der Waals surface area contributed by atoms with Crippen molar-refractivity contribution in [3.8, 4) is 0 Å². The Hall–Kier alpha value is -0.490. The normalized spacial score (nSPS) is 23.2. The molecule has 66 valence electrons. The monoisotopic (exact) mass is 164 g/mol. The smallest absolute Gasteiger partial charge is 0.196 e. The number of aliphatic hydroxyl groups excluding tert-OH is 2. The maximum atomic E-state index is 10.3. The third-order valence-electron chi connectivity index (χ3n) is 1.24. The first-order valence-corrected chi connectivity index (χ1v) is 3.17. The van der Waals surface area contributed by atoms with E-state index in [4.69, 9.17) is 22.4 Å². The van der Waals surface area contributed by atoms with Gasteiger partial charge in [-0.05, 0) is 6.92 Å². The summed E-state index contributed by atoms with van der Waals surface area (Å²) in [5, 5.41) is 26.8. The predicted molar refractivity (Wildman–Crippen MR) is 37.5 cm³/mol. The molecule has 5 N–H and O–H groups in total. The van der Waals surface area contributed by atoms with Gasteiger partial charge in [0.05, 0.1) is 6.10 Å². The highest BCUT2D eigenvalue weighted by Crippen LogP contribution is 2.06. The van der Waals surface area contributed by atoms with E-state index in [2.05, 4.69) is 0 Å². The van der Waals surface area contributed by atoms with Gasteiger partial charge in [-0.15, -0.1) is 0 Å². The zero-order valence-electron chi connectivity index (χ0n) is 7.19. The van der Waals surface area contributed by atoms with E-state index in [0.29, 0.717) is 0 Å². The lowest BCUT2D eigenvalue weighted by Gasteiger charge is -2.23. The molecule has 5 heteroatoms. The third kappa shape index (κ3) is 3.43. The average Bonchev–Trinajstić information content (AvgIpc) is 1.85. The van der Waals surface area contributed by atoms with Crippen LogP contribution in [-0.4, -0.2) is 39.5 Å². The minimum atomic E-state index is -2.59. The summed E-state index contributed by atoms with van der Waals surface area (Å²) >= 11 is 0. The molecule has 0 radical (unpaired) electrons. The van der Waals surface area contributed by atoms with Crippen LogP contribution >= 0.6 is 0 Å². The van der Waals surface area contributed by atoms with Crippen molar-refractivity contribution in [2.45, 2.75) is 31.3 Å². The summed E-state index contributed by atoms with van der Waals surface area (Å²) < 4.78 is 6.50. The fourth-order valence-corrected chi connectivity index (χ4v) is 0.571. The molecular formula is C6H13NO4. The van der Waals surface area contributed by atoms with Crippen molar-refractivity contribution in [3.63, 3.8) is 0 Å². The minimum Gasteiger partial charge on any atom is -0.393 e. The molecule has 0 aliphatic carbocycles. The maximum Gasteiger partial charge on any atom is 0.196 e. The maximum absolute atomic E-state index is 10.3. The van der Waals surface area contributed by atoms with Crippen LogP contribution in [0.3, 0.4) is 0 Å². The quantitative estimate of drug-likeness (QED) is 0.283. The van der Waals surface area contributed by atoms with Crippen LogP contribution in [0.4, 0.5) is 0 Å². The first-order valence-electron chi connectivity index (χ1n) is 3.67. The topological polar surface area (TPSA) is 104 Å². The highest BCUT2D eigenvalue weighted by molar-refractivity contribution is 5.61. The summed E-state index contributed by atoms with van der Waals surface area (Å²) in [5.41, 5.74) is 2.32. The van der Waals surface area contributed by atoms with Crippen LogP contribution in [0.1, 0.15) is 14.7 Å². The van der Waals surface area contributed by atoms with Crippen molar-refractivity contribution in [2.24, 2.45) is 5.73 Å². The molecule has 5 nitrogen and oxygen atoms in total. The third-order valence-corrected chi connectivity index (χ3v) is 1.24. The van der Waals surface area contributed by atoms with Crippen molar-refractivity contribution >= 4 is 6.26 Å². The van der Waals surface area contributed by atoms with E-state index >= 15 is 0 Å². The SMILES string of the molecule is [2H]C(=O)[C@@](N)(O)[C@@H](O)C[C@@H](C)O. The summed E-state index contributed by atoms with van der Waals surface area (Å²) in [4.78, 5) is 10.3. The fraction of sp³-hybridized carbons (Fsp3) is 0.833. The van der Waals surface area contributed by atoms with E-state index < -0.39 is 24.2 Å². The van der Waals surface area contributed by atoms with Crippen LogP contribution in [0.5, 0.6) is 0 Å². The standard InChI is InChI=1S/C6H13NO4/c1-4(9)2-5(10)6(7,11)3-8/h3-5,9-11H,2,7H2,1H3/t4-,5+,6-/m1/s1/i3D. The highest BCUT2D eigenvalue weighted by atomic mass is 16.4. The van der Waals surface area contributed by atoms with Gasteiger partial charge in [0, 0.05) is 6.42 Å².